The Morgan fingerprint density at radius 1 is 0.919 bits per heavy atom. The standard InChI is InChI=1S/C27H22F2N6O2/c1-15-2-5-19(33-27(37)18-7-9-30-22(12-18)24(28)29)14-20(15)21-8-11-32-25(34-21)17-6-10-31-23(13-17)35-26(36)16-3-4-16/h2,5-14,16,24H,3-4H2,1H3,(H,33,37)(H,31,35,36). The molecule has 0 aliphatic heterocycles. The summed E-state index contributed by atoms with van der Waals surface area (Å²) < 4.78 is 25.9. The van der Waals surface area contributed by atoms with Gasteiger partial charge in [0.1, 0.15) is 11.5 Å². The molecule has 2 amide bonds. The lowest BCUT2D eigenvalue weighted by atomic mass is 10.0. The van der Waals surface area contributed by atoms with Crippen LogP contribution >= 0.6 is 0 Å². The molecule has 8 nitrogen and oxygen atoms in total. The van der Waals surface area contributed by atoms with Gasteiger partial charge in [-0.3, -0.25) is 14.6 Å². The Balaban J connectivity index is 1.39. The third-order valence-electron chi connectivity index (χ3n) is 5.91. The van der Waals surface area contributed by atoms with Crippen LogP contribution in [0.3, 0.4) is 0 Å². The molecule has 3 heterocycles. The highest BCUT2D eigenvalue weighted by Crippen LogP contribution is 2.31. The van der Waals surface area contributed by atoms with Crippen LogP contribution in [0.15, 0.2) is 67.1 Å². The molecule has 0 saturated heterocycles. The molecule has 2 N–H and O–H groups in total. The topological polar surface area (TPSA) is 110 Å². The van der Waals surface area contributed by atoms with Crippen molar-refractivity contribution in [3.63, 3.8) is 0 Å². The maximum absolute atomic E-state index is 13.0. The van der Waals surface area contributed by atoms with E-state index in [0.717, 1.165) is 30.0 Å². The number of amides is 2. The molecule has 1 saturated carbocycles. The molecule has 0 atom stereocenters. The van der Waals surface area contributed by atoms with E-state index in [9.17, 15) is 18.4 Å². The maximum atomic E-state index is 13.0. The number of nitrogens with one attached hydrogen (secondary N) is 2. The number of alkyl halides is 2. The fourth-order valence-electron chi connectivity index (χ4n) is 3.75. The van der Waals surface area contributed by atoms with Crippen molar-refractivity contribution in [3.05, 3.63) is 83.9 Å². The van der Waals surface area contributed by atoms with Crippen LogP contribution in [0.4, 0.5) is 20.3 Å². The minimum atomic E-state index is -2.77. The summed E-state index contributed by atoms with van der Waals surface area (Å²) in [6.07, 6.45) is 3.43. The van der Waals surface area contributed by atoms with E-state index >= 15 is 0 Å². The van der Waals surface area contributed by atoms with Gasteiger partial charge < -0.3 is 10.6 Å². The van der Waals surface area contributed by atoms with Crippen LogP contribution in [0.1, 0.15) is 40.9 Å². The van der Waals surface area contributed by atoms with Crippen LogP contribution in [0.2, 0.25) is 0 Å². The van der Waals surface area contributed by atoms with E-state index in [2.05, 4.69) is 25.6 Å². The zero-order valence-corrected chi connectivity index (χ0v) is 19.8. The van der Waals surface area contributed by atoms with Gasteiger partial charge in [0.25, 0.3) is 12.3 Å². The van der Waals surface area contributed by atoms with Gasteiger partial charge in [-0.2, -0.15) is 0 Å². The molecule has 186 valence electrons. The van der Waals surface area contributed by atoms with Crippen molar-refractivity contribution >= 4 is 23.3 Å². The number of rotatable bonds is 7. The second-order valence-electron chi connectivity index (χ2n) is 8.71. The second-order valence-corrected chi connectivity index (χ2v) is 8.71. The van der Waals surface area contributed by atoms with E-state index in [-0.39, 0.29) is 17.4 Å². The van der Waals surface area contributed by atoms with Crippen LogP contribution in [-0.2, 0) is 4.79 Å². The SMILES string of the molecule is Cc1ccc(NC(=O)c2ccnc(C(F)F)c2)cc1-c1ccnc(-c2ccnc(NC(=O)C3CC3)c2)n1. The number of aromatic nitrogens is 4. The number of hydrogen-bond acceptors (Lipinski definition) is 6. The lowest BCUT2D eigenvalue weighted by Crippen LogP contribution is -2.14. The van der Waals surface area contributed by atoms with Gasteiger partial charge in [0.15, 0.2) is 5.82 Å². The van der Waals surface area contributed by atoms with Gasteiger partial charge in [-0.25, -0.2) is 23.7 Å². The zero-order valence-electron chi connectivity index (χ0n) is 19.8. The molecule has 1 aromatic carbocycles. The highest BCUT2D eigenvalue weighted by molar-refractivity contribution is 6.04. The van der Waals surface area contributed by atoms with E-state index in [1.165, 1.54) is 12.3 Å². The van der Waals surface area contributed by atoms with Crippen molar-refractivity contribution in [2.45, 2.75) is 26.2 Å². The van der Waals surface area contributed by atoms with Gasteiger partial charge in [0.2, 0.25) is 5.91 Å². The Kier molecular flexibility index (Phi) is 6.63. The Labute approximate surface area is 211 Å². The largest absolute Gasteiger partial charge is 0.322 e. The van der Waals surface area contributed by atoms with Crippen LogP contribution in [-0.4, -0.2) is 31.8 Å². The summed E-state index contributed by atoms with van der Waals surface area (Å²) in [6.45, 7) is 1.92. The minimum Gasteiger partial charge on any atom is -0.322 e. The number of hydrogen-bond donors (Lipinski definition) is 2. The highest BCUT2D eigenvalue weighted by atomic mass is 19.3. The first-order chi connectivity index (χ1) is 17.9. The molecule has 37 heavy (non-hydrogen) atoms. The van der Waals surface area contributed by atoms with Crippen LogP contribution in [0.5, 0.6) is 0 Å². The lowest BCUT2D eigenvalue weighted by molar-refractivity contribution is -0.117. The number of nitrogens with zero attached hydrogens (tertiary/aromatic N) is 4. The summed E-state index contributed by atoms with van der Waals surface area (Å²) >= 11 is 0. The van der Waals surface area contributed by atoms with E-state index in [1.54, 1.807) is 42.7 Å². The number of benzene rings is 1. The second kappa shape index (κ2) is 10.2. The van der Waals surface area contributed by atoms with Crippen molar-refractivity contribution < 1.29 is 18.4 Å². The van der Waals surface area contributed by atoms with E-state index in [1.807, 2.05) is 13.0 Å². The van der Waals surface area contributed by atoms with E-state index in [4.69, 9.17) is 4.98 Å². The average Bonchev–Trinajstić information content (AvgIpc) is 3.76. The predicted molar refractivity (Wildman–Crippen MR) is 134 cm³/mol. The highest BCUT2D eigenvalue weighted by Gasteiger charge is 2.29. The Hall–Kier alpha value is -4.60. The summed E-state index contributed by atoms with van der Waals surface area (Å²) in [5.74, 6) is 0.388. The van der Waals surface area contributed by atoms with E-state index in [0.29, 0.717) is 28.6 Å². The molecule has 0 radical (unpaired) electrons. The third-order valence-corrected chi connectivity index (χ3v) is 5.91. The fourth-order valence-corrected chi connectivity index (χ4v) is 3.75. The van der Waals surface area contributed by atoms with Gasteiger partial charge in [-0.15, -0.1) is 0 Å². The number of aryl methyl sites for hydroxylation is 1. The van der Waals surface area contributed by atoms with Crippen molar-refractivity contribution in [3.8, 4) is 22.6 Å². The number of anilines is 2. The molecule has 5 rings (SSSR count). The van der Waals surface area contributed by atoms with E-state index < -0.39 is 18.0 Å². The molecule has 1 aliphatic rings. The molecular weight excluding hydrogens is 478 g/mol. The summed E-state index contributed by atoms with van der Waals surface area (Å²) in [7, 11) is 0. The quantitative estimate of drug-likeness (QED) is 0.349. The van der Waals surface area contributed by atoms with Crippen LogP contribution < -0.4 is 10.6 Å². The maximum Gasteiger partial charge on any atom is 0.280 e. The molecule has 10 heteroatoms. The Bertz CT molecular complexity index is 1490. The zero-order chi connectivity index (χ0) is 25.9. The molecule has 3 aromatic heterocycles. The summed E-state index contributed by atoms with van der Waals surface area (Å²) in [5.41, 5.74) is 3.10. The Morgan fingerprint density at radius 2 is 1.70 bits per heavy atom. The molecule has 4 aromatic rings. The predicted octanol–water partition coefficient (Wildman–Crippen LogP) is 5.45. The van der Waals surface area contributed by atoms with Crippen molar-refractivity contribution in [1.82, 2.24) is 19.9 Å². The molecule has 1 aliphatic carbocycles. The first-order valence-electron chi connectivity index (χ1n) is 11.6. The molecular formula is C27H22F2N6O2. The molecule has 0 bridgehead atoms. The van der Waals surface area contributed by atoms with Crippen LogP contribution in [0.25, 0.3) is 22.6 Å². The third kappa shape index (κ3) is 5.64. The average molecular weight is 501 g/mol. The first-order valence-corrected chi connectivity index (χ1v) is 11.6. The van der Waals surface area contributed by atoms with Crippen molar-refractivity contribution in [2.24, 2.45) is 5.92 Å². The fraction of sp³-hybridized carbons (Fsp3) is 0.185. The minimum absolute atomic E-state index is 0.0361. The number of halogens is 2. The van der Waals surface area contributed by atoms with Gasteiger partial charge in [0.05, 0.1) is 5.69 Å². The van der Waals surface area contributed by atoms with Crippen molar-refractivity contribution in [2.75, 3.05) is 10.6 Å². The molecule has 0 unspecified atom stereocenters. The normalized spacial score (nSPS) is 12.9. The van der Waals surface area contributed by atoms with Gasteiger partial charge >= 0.3 is 0 Å². The van der Waals surface area contributed by atoms with Crippen LogP contribution in [0, 0.1) is 12.8 Å². The monoisotopic (exact) mass is 500 g/mol. The number of carbonyl (C=O) groups is 2. The first kappa shape index (κ1) is 24.1. The Morgan fingerprint density at radius 3 is 2.49 bits per heavy atom. The van der Waals surface area contributed by atoms with Gasteiger partial charge in [-0.1, -0.05) is 6.07 Å². The van der Waals surface area contributed by atoms with Gasteiger partial charge in [-0.05, 0) is 67.8 Å². The summed E-state index contributed by atoms with van der Waals surface area (Å²) in [5, 5.41) is 5.57. The smallest absolute Gasteiger partial charge is 0.280 e. The lowest BCUT2D eigenvalue weighted by Gasteiger charge is -2.11. The summed E-state index contributed by atoms with van der Waals surface area (Å²) in [4.78, 5) is 41.6. The number of pyridine rings is 2. The molecule has 0 spiro atoms. The molecule has 1 fully saturated rings. The number of carbonyl (C=O) groups excluding carboxylic acids is 2. The van der Waals surface area contributed by atoms with Crippen molar-refractivity contribution in [1.29, 1.82) is 0 Å². The van der Waals surface area contributed by atoms with Gasteiger partial charge in [0, 0.05) is 46.9 Å². The summed E-state index contributed by atoms with van der Waals surface area (Å²) in [6, 6.07) is 13.0.